The molecule has 0 bridgehead atoms. The molecule has 2 aromatic rings. The molecule has 0 amide bonds. The summed E-state index contributed by atoms with van der Waals surface area (Å²) in [5.74, 6) is 0. The molecule has 0 aliphatic carbocycles. The summed E-state index contributed by atoms with van der Waals surface area (Å²) < 4.78 is 0. The predicted octanol–water partition coefficient (Wildman–Crippen LogP) is 0.694. The Bertz CT molecular complexity index is 360. The zero-order chi connectivity index (χ0) is 11.8. The maximum atomic E-state index is 7.17. The molecule has 2 rings (SSSR count). The number of aromatic nitrogens is 1. The van der Waals surface area contributed by atoms with Crippen LogP contribution in [0.2, 0.25) is 0 Å². The van der Waals surface area contributed by atoms with Crippen molar-refractivity contribution < 1.29 is 35.2 Å². The third-order valence-electron chi connectivity index (χ3n) is 1.73. The van der Waals surface area contributed by atoms with E-state index in [1.165, 1.54) is 0 Å². The molecule has 1 heterocycles. The molecule has 6 heteroatoms. The van der Waals surface area contributed by atoms with Gasteiger partial charge in [-0.05, 0) is 12.1 Å². The molecule has 0 aliphatic rings. The van der Waals surface area contributed by atoms with Crippen LogP contribution < -0.4 is 0 Å². The van der Waals surface area contributed by atoms with Crippen LogP contribution in [0.5, 0.6) is 0 Å². The zero-order valence-corrected chi connectivity index (χ0v) is 11.3. The van der Waals surface area contributed by atoms with Crippen molar-refractivity contribution in [1.29, 1.82) is 0 Å². The van der Waals surface area contributed by atoms with Gasteiger partial charge in [0.2, 0.25) is 0 Å². The summed E-state index contributed by atoms with van der Waals surface area (Å²) in [5.41, 5.74) is 2.19. The van der Waals surface area contributed by atoms with E-state index < -0.39 is 7.32 Å². The molecule has 1 aromatic heterocycles. The van der Waals surface area contributed by atoms with Gasteiger partial charge in [0, 0.05) is 31.9 Å². The Labute approximate surface area is 114 Å². The summed E-state index contributed by atoms with van der Waals surface area (Å²) in [6.07, 6.45) is 1.81. The van der Waals surface area contributed by atoms with E-state index in [1.54, 1.807) is 0 Å². The van der Waals surface area contributed by atoms with Crippen LogP contribution in [0.15, 0.2) is 54.7 Å². The molecular weight excluding hydrogens is 397 g/mol. The minimum absolute atomic E-state index is 0. The van der Waals surface area contributed by atoms with E-state index in [1.807, 2.05) is 42.6 Å². The van der Waals surface area contributed by atoms with Crippen LogP contribution >= 0.6 is 0 Å². The Hall–Kier alpha value is -1.04. The Balaban J connectivity index is 0.000000453. The zero-order valence-electron chi connectivity index (χ0n) is 8.90. The molecule has 0 spiro atoms. The van der Waals surface area contributed by atoms with Gasteiger partial charge in [0.15, 0.2) is 0 Å². The summed E-state index contributed by atoms with van der Waals surface area (Å²) in [7, 11) is -2.17. The Morgan fingerprint density at radius 3 is 1.82 bits per heavy atom. The summed E-state index contributed by atoms with van der Waals surface area (Å²) in [4.78, 5) is 4.25. The molecule has 17 heavy (non-hydrogen) atoms. The average Bonchev–Trinajstić information content (AvgIpc) is 2.31. The van der Waals surface area contributed by atoms with E-state index in [-0.39, 0.29) is 20.1 Å². The van der Waals surface area contributed by atoms with Gasteiger partial charge in [0.1, 0.15) is 0 Å². The van der Waals surface area contributed by atoms with Crippen molar-refractivity contribution in [2.75, 3.05) is 0 Å². The molecule has 0 fully saturated rings. The van der Waals surface area contributed by atoms with Crippen LogP contribution in [-0.4, -0.2) is 27.4 Å². The van der Waals surface area contributed by atoms with E-state index >= 15 is 0 Å². The largest absolute Gasteiger partial charge is 0.631 e. The van der Waals surface area contributed by atoms with Crippen LogP contribution in [0.25, 0.3) is 11.3 Å². The average molecular weight is 409 g/mol. The molecule has 1 radical (unpaired) electrons. The summed E-state index contributed by atoms with van der Waals surface area (Å²) in [5, 5.41) is 21.5. The molecule has 3 N–H and O–H groups in total. The van der Waals surface area contributed by atoms with Gasteiger partial charge in [-0.25, -0.2) is 0 Å². The number of hydrogen-bond donors (Lipinski definition) is 3. The van der Waals surface area contributed by atoms with Gasteiger partial charge in [-0.3, -0.25) is 4.98 Å². The van der Waals surface area contributed by atoms with E-state index in [0.29, 0.717) is 0 Å². The number of pyridine rings is 1. The third-order valence-corrected chi connectivity index (χ3v) is 1.73. The fraction of sp³-hybridized carbons (Fsp3) is 0. The van der Waals surface area contributed by atoms with Crippen LogP contribution in [0.1, 0.15) is 0 Å². The smallest absolute Gasteiger partial charge is 0.402 e. The van der Waals surface area contributed by atoms with E-state index in [4.69, 9.17) is 15.1 Å². The molecule has 4 nitrogen and oxygen atoms in total. The van der Waals surface area contributed by atoms with Crippen molar-refractivity contribution >= 4 is 7.32 Å². The van der Waals surface area contributed by atoms with Gasteiger partial charge >= 0.3 is 7.32 Å². The van der Waals surface area contributed by atoms with E-state index in [9.17, 15) is 0 Å². The van der Waals surface area contributed by atoms with Crippen LogP contribution in [0, 0.1) is 0 Å². The molecule has 0 unspecified atom stereocenters. The second-order valence-electron chi connectivity index (χ2n) is 2.93. The molecule has 0 aliphatic heterocycles. The van der Waals surface area contributed by atoms with Gasteiger partial charge in [0.05, 0.1) is 5.69 Å². The standard InChI is InChI=1S/C11H9N.BH3O3.Ir/c1-2-6-10(7-3-1)11-8-4-5-9-12-11;2-1(3)4;/h1-9H;2-4H;. The molecule has 0 atom stereocenters. The normalized spacial score (nSPS) is 8.41. The van der Waals surface area contributed by atoms with Crippen molar-refractivity contribution in [3.8, 4) is 11.3 Å². The maximum absolute atomic E-state index is 7.17. The first-order chi connectivity index (χ1) is 7.70. The first-order valence-electron chi connectivity index (χ1n) is 4.71. The number of rotatable bonds is 1. The van der Waals surface area contributed by atoms with Crippen molar-refractivity contribution in [2.45, 2.75) is 0 Å². The second kappa shape index (κ2) is 9.04. The van der Waals surface area contributed by atoms with Gasteiger partial charge in [-0.15, -0.1) is 0 Å². The van der Waals surface area contributed by atoms with Crippen molar-refractivity contribution in [1.82, 2.24) is 4.98 Å². The quantitative estimate of drug-likeness (QED) is 0.607. The first-order valence-corrected chi connectivity index (χ1v) is 4.71. The third kappa shape index (κ3) is 6.99. The molecule has 91 valence electrons. The fourth-order valence-corrected chi connectivity index (χ4v) is 1.14. The number of benzene rings is 1. The summed E-state index contributed by atoms with van der Waals surface area (Å²) in [6.45, 7) is 0. The molecular formula is C11H12BIrNO3. The summed E-state index contributed by atoms with van der Waals surface area (Å²) >= 11 is 0. The van der Waals surface area contributed by atoms with Crippen LogP contribution in [-0.2, 0) is 20.1 Å². The Morgan fingerprint density at radius 1 is 0.824 bits per heavy atom. The van der Waals surface area contributed by atoms with Crippen LogP contribution in [0.3, 0.4) is 0 Å². The molecule has 1 aromatic carbocycles. The van der Waals surface area contributed by atoms with Gasteiger partial charge in [0.25, 0.3) is 0 Å². The van der Waals surface area contributed by atoms with E-state index in [2.05, 4.69) is 17.1 Å². The SMILES string of the molecule is OB(O)O.[Ir].c1ccc(-c2ccccn2)cc1. The summed E-state index contributed by atoms with van der Waals surface area (Å²) in [6, 6.07) is 16.1. The second-order valence-corrected chi connectivity index (χ2v) is 2.93. The minimum Gasteiger partial charge on any atom is -0.402 e. The topological polar surface area (TPSA) is 73.6 Å². The Morgan fingerprint density at radius 2 is 1.35 bits per heavy atom. The fourth-order valence-electron chi connectivity index (χ4n) is 1.14. The van der Waals surface area contributed by atoms with Crippen molar-refractivity contribution in [2.24, 2.45) is 0 Å². The minimum atomic E-state index is -2.17. The van der Waals surface area contributed by atoms with Gasteiger partial charge < -0.3 is 15.1 Å². The van der Waals surface area contributed by atoms with Gasteiger partial charge in [-0.1, -0.05) is 36.4 Å². The molecule has 0 saturated carbocycles. The van der Waals surface area contributed by atoms with E-state index in [0.717, 1.165) is 11.3 Å². The first kappa shape index (κ1) is 16.0. The molecule has 0 saturated heterocycles. The van der Waals surface area contributed by atoms with Crippen molar-refractivity contribution in [3.05, 3.63) is 54.7 Å². The maximum Gasteiger partial charge on any atom is 0.631 e. The van der Waals surface area contributed by atoms with Crippen LogP contribution in [0.4, 0.5) is 0 Å². The predicted molar refractivity (Wildman–Crippen MR) is 62.1 cm³/mol. The van der Waals surface area contributed by atoms with Gasteiger partial charge in [-0.2, -0.15) is 0 Å². The van der Waals surface area contributed by atoms with Crippen molar-refractivity contribution in [3.63, 3.8) is 0 Å². The number of hydrogen-bond acceptors (Lipinski definition) is 4. The number of nitrogens with zero attached hydrogens (tertiary/aromatic N) is 1. The monoisotopic (exact) mass is 410 g/mol. The Kier molecular flexibility index (Phi) is 8.49.